The summed E-state index contributed by atoms with van der Waals surface area (Å²) < 4.78 is 0. The summed E-state index contributed by atoms with van der Waals surface area (Å²) in [5.74, 6) is 0.0974. The number of rotatable bonds is 2. The number of imide groups is 1. The molecule has 0 aliphatic carbocycles. The van der Waals surface area contributed by atoms with Crippen LogP contribution in [0.25, 0.3) is 11.0 Å². The topological polar surface area (TPSA) is 86.4 Å². The highest BCUT2D eigenvalue weighted by molar-refractivity contribution is 8.14. The molecule has 2 saturated heterocycles. The fourth-order valence-corrected chi connectivity index (χ4v) is 4.07. The molecule has 1 aromatic heterocycles. The van der Waals surface area contributed by atoms with E-state index in [1.54, 1.807) is 23.4 Å². The predicted molar refractivity (Wildman–Crippen MR) is 89.7 cm³/mol. The summed E-state index contributed by atoms with van der Waals surface area (Å²) in [6, 6.07) is 5.33. The predicted octanol–water partition coefficient (Wildman–Crippen LogP) is 1.86. The molecule has 1 N–H and O–H groups in total. The summed E-state index contributed by atoms with van der Waals surface area (Å²) in [4.78, 5) is 46.6. The van der Waals surface area contributed by atoms with E-state index in [9.17, 15) is 14.4 Å². The Morgan fingerprint density at radius 3 is 2.75 bits per heavy atom. The third kappa shape index (κ3) is 2.56. The first-order valence-corrected chi connectivity index (χ1v) is 8.83. The fourth-order valence-electron chi connectivity index (χ4n) is 3.30. The highest BCUT2D eigenvalue weighted by Gasteiger charge is 2.38. The van der Waals surface area contributed by atoms with Gasteiger partial charge >= 0.3 is 0 Å². The molecule has 0 unspecified atom stereocenters. The number of imidazole rings is 1. The Labute approximate surface area is 142 Å². The maximum Gasteiger partial charge on any atom is 0.289 e. The molecule has 24 heavy (non-hydrogen) atoms. The third-order valence-corrected chi connectivity index (χ3v) is 5.40. The van der Waals surface area contributed by atoms with Crippen molar-refractivity contribution >= 4 is 39.8 Å². The van der Waals surface area contributed by atoms with Gasteiger partial charge in [-0.25, -0.2) is 4.98 Å². The van der Waals surface area contributed by atoms with Gasteiger partial charge in [0, 0.05) is 24.7 Å². The van der Waals surface area contributed by atoms with Gasteiger partial charge in [-0.2, -0.15) is 0 Å². The smallest absolute Gasteiger partial charge is 0.289 e. The molecular formula is C16H16N4O3S. The zero-order valence-corrected chi connectivity index (χ0v) is 13.7. The maximum atomic E-state index is 12.7. The molecule has 0 atom stereocenters. The Bertz CT molecular complexity index is 810. The van der Waals surface area contributed by atoms with Crippen LogP contribution in [-0.2, 0) is 4.79 Å². The van der Waals surface area contributed by atoms with E-state index in [-0.39, 0.29) is 28.8 Å². The monoisotopic (exact) mass is 344 g/mol. The Hall–Kier alpha value is -2.35. The molecular weight excluding hydrogens is 328 g/mol. The largest absolute Gasteiger partial charge is 0.345 e. The standard InChI is InChI=1S/C16H16N4O3S/c21-14-8-24-16(23)20(14)11-3-5-19(6-4-11)15(22)10-1-2-12-13(7-10)18-9-17-12/h1-2,7,9,11H,3-6,8H2,(H,17,18). The third-order valence-electron chi connectivity index (χ3n) is 4.57. The molecule has 0 radical (unpaired) electrons. The lowest BCUT2D eigenvalue weighted by atomic mass is 10.0. The van der Waals surface area contributed by atoms with Crippen LogP contribution in [0, 0.1) is 0 Å². The Morgan fingerprint density at radius 1 is 1.25 bits per heavy atom. The van der Waals surface area contributed by atoms with Crippen molar-refractivity contribution < 1.29 is 14.4 Å². The second-order valence-corrected chi connectivity index (χ2v) is 6.90. The van der Waals surface area contributed by atoms with Gasteiger partial charge in [0.1, 0.15) is 0 Å². The van der Waals surface area contributed by atoms with E-state index in [2.05, 4.69) is 9.97 Å². The minimum atomic E-state index is -0.158. The van der Waals surface area contributed by atoms with Crippen LogP contribution in [0.2, 0.25) is 0 Å². The molecule has 2 fully saturated rings. The number of carbonyl (C=O) groups excluding carboxylic acids is 3. The molecule has 3 amide bonds. The average molecular weight is 344 g/mol. The van der Waals surface area contributed by atoms with Gasteiger partial charge in [-0.3, -0.25) is 19.3 Å². The van der Waals surface area contributed by atoms with E-state index < -0.39 is 0 Å². The highest BCUT2D eigenvalue weighted by Crippen LogP contribution is 2.27. The zero-order valence-electron chi connectivity index (χ0n) is 12.9. The highest BCUT2D eigenvalue weighted by atomic mass is 32.2. The minimum absolute atomic E-state index is 0.0293. The number of aromatic nitrogens is 2. The van der Waals surface area contributed by atoms with E-state index in [4.69, 9.17) is 0 Å². The van der Waals surface area contributed by atoms with Gasteiger partial charge in [0.2, 0.25) is 5.91 Å². The van der Waals surface area contributed by atoms with Gasteiger partial charge in [-0.15, -0.1) is 0 Å². The van der Waals surface area contributed by atoms with E-state index in [0.717, 1.165) is 22.8 Å². The number of nitrogens with zero attached hydrogens (tertiary/aromatic N) is 3. The van der Waals surface area contributed by atoms with Gasteiger partial charge in [-0.05, 0) is 31.0 Å². The number of H-pyrrole nitrogens is 1. The van der Waals surface area contributed by atoms with Crippen LogP contribution in [0.3, 0.4) is 0 Å². The first kappa shape index (κ1) is 15.2. The summed E-state index contributed by atoms with van der Waals surface area (Å²) in [5.41, 5.74) is 2.28. The van der Waals surface area contributed by atoms with Gasteiger partial charge in [0.15, 0.2) is 0 Å². The van der Waals surface area contributed by atoms with E-state index >= 15 is 0 Å². The number of fused-ring (bicyclic) bond motifs is 1. The Morgan fingerprint density at radius 2 is 2.04 bits per heavy atom. The molecule has 0 saturated carbocycles. The second kappa shape index (κ2) is 5.94. The number of nitrogens with one attached hydrogen (secondary N) is 1. The molecule has 2 aliphatic rings. The lowest BCUT2D eigenvalue weighted by Crippen LogP contribution is -2.48. The molecule has 3 heterocycles. The van der Waals surface area contributed by atoms with Crippen molar-refractivity contribution in [3.8, 4) is 0 Å². The minimum Gasteiger partial charge on any atom is -0.345 e. The van der Waals surface area contributed by atoms with E-state index in [1.807, 2.05) is 6.07 Å². The second-order valence-electron chi connectivity index (χ2n) is 5.98. The number of aromatic amines is 1. The van der Waals surface area contributed by atoms with Crippen molar-refractivity contribution in [1.29, 1.82) is 0 Å². The Kier molecular flexibility index (Phi) is 3.76. The van der Waals surface area contributed by atoms with Crippen molar-refractivity contribution in [3.05, 3.63) is 30.1 Å². The number of hydrogen-bond acceptors (Lipinski definition) is 5. The van der Waals surface area contributed by atoms with Crippen LogP contribution in [0.1, 0.15) is 23.2 Å². The van der Waals surface area contributed by atoms with Crippen LogP contribution in [0.4, 0.5) is 4.79 Å². The van der Waals surface area contributed by atoms with Gasteiger partial charge in [-0.1, -0.05) is 11.8 Å². The van der Waals surface area contributed by atoms with Crippen molar-refractivity contribution in [3.63, 3.8) is 0 Å². The average Bonchev–Trinajstić information content (AvgIpc) is 3.20. The van der Waals surface area contributed by atoms with Crippen molar-refractivity contribution in [2.24, 2.45) is 0 Å². The van der Waals surface area contributed by atoms with Crippen LogP contribution in [0.5, 0.6) is 0 Å². The molecule has 124 valence electrons. The zero-order chi connectivity index (χ0) is 16.7. The van der Waals surface area contributed by atoms with Crippen LogP contribution < -0.4 is 0 Å². The number of piperidine rings is 1. The number of amides is 3. The summed E-state index contributed by atoms with van der Waals surface area (Å²) in [5, 5.41) is -0.158. The molecule has 2 aliphatic heterocycles. The summed E-state index contributed by atoms with van der Waals surface area (Å²) >= 11 is 1.06. The van der Waals surface area contributed by atoms with E-state index in [0.29, 0.717) is 31.5 Å². The molecule has 8 heteroatoms. The number of thioether (sulfide) groups is 1. The first-order valence-electron chi connectivity index (χ1n) is 7.85. The first-order chi connectivity index (χ1) is 11.6. The number of likely N-dealkylation sites (tertiary alicyclic amines) is 1. The molecule has 0 spiro atoms. The normalized spacial score (nSPS) is 19.5. The van der Waals surface area contributed by atoms with Crippen molar-refractivity contribution in [2.75, 3.05) is 18.8 Å². The number of hydrogen-bond donors (Lipinski definition) is 1. The summed E-state index contributed by atoms with van der Waals surface area (Å²) in [6.45, 7) is 1.10. The Balaban J connectivity index is 1.44. The summed E-state index contributed by atoms with van der Waals surface area (Å²) in [7, 11) is 0. The lowest BCUT2D eigenvalue weighted by molar-refractivity contribution is -0.126. The quantitative estimate of drug-likeness (QED) is 0.899. The molecule has 0 bridgehead atoms. The molecule has 7 nitrogen and oxygen atoms in total. The SMILES string of the molecule is O=C(c1ccc2nc[nH]c2c1)N1CCC(N2C(=O)CSC2=O)CC1. The number of carbonyl (C=O) groups is 3. The van der Waals surface area contributed by atoms with Gasteiger partial charge in [0.05, 0.1) is 23.1 Å². The summed E-state index contributed by atoms with van der Waals surface area (Å²) in [6.07, 6.45) is 2.87. The van der Waals surface area contributed by atoms with Gasteiger partial charge < -0.3 is 9.88 Å². The maximum absolute atomic E-state index is 12.7. The van der Waals surface area contributed by atoms with Crippen LogP contribution in [0.15, 0.2) is 24.5 Å². The van der Waals surface area contributed by atoms with Crippen LogP contribution >= 0.6 is 11.8 Å². The van der Waals surface area contributed by atoms with Gasteiger partial charge in [0.25, 0.3) is 11.1 Å². The van der Waals surface area contributed by atoms with Crippen molar-refractivity contribution in [1.82, 2.24) is 19.8 Å². The number of benzene rings is 1. The lowest BCUT2D eigenvalue weighted by Gasteiger charge is -2.35. The fraction of sp³-hybridized carbons (Fsp3) is 0.375. The molecule has 4 rings (SSSR count). The van der Waals surface area contributed by atoms with Crippen molar-refractivity contribution in [2.45, 2.75) is 18.9 Å². The molecule has 1 aromatic carbocycles. The van der Waals surface area contributed by atoms with E-state index in [1.165, 1.54) is 4.90 Å². The van der Waals surface area contributed by atoms with Crippen LogP contribution in [-0.4, -0.2) is 61.7 Å². The molecule has 2 aromatic rings.